The third kappa shape index (κ3) is 6.45. The van der Waals surface area contributed by atoms with E-state index in [1.807, 2.05) is 72.8 Å². The lowest BCUT2D eigenvalue weighted by Crippen LogP contribution is -2.00. The highest BCUT2D eigenvalue weighted by Crippen LogP contribution is 2.42. The average Bonchev–Trinajstić information content (AvgIpc) is 3.34. The van der Waals surface area contributed by atoms with E-state index in [0.29, 0.717) is 23.3 Å². The smallest absolute Gasteiger partial charge is 0.164 e. The molecule has 0 amide bonds. The SMILES string of the molecule is c1ccc(-c2cc(-c3ccccc3)nc(-c3cc4c5ccccc5c(-c5ccc(-c6nc(-c7ccccc7)nc(-c7ccccc7)n6)cc5)cc4c4ccccc34)n2)cc1. The molecule has 0 aliphatic rings. The number of nitrogens with zero attached hydrogens (tertiary/aromatic N) is 5. The van der Waals surface area contributed by atoms with Gasteiger partial charge < -0.3 is 0 Å². The topological polar surface area (TPSA) is 64.5 Å². The largest absolute Gasteiger partial charge is 0.228 e. The first-order valence-electron chi connectivity index (χ1n) is 20.1. The molecule has 60 heavy (non-hydrogen) atoms. The molecule has 0 radical (unpaired) electrons. The van der Waals surface area contributed by atoms with Gasteiger partial charge in [0.15, 0.2) is 23.3 Å². The van der Waals surface area contributed by atoms with E-state index in [4.69, 9.17) is 24.9 Å². The van der Waals surface area contributed by atoms with Crippen LogP contribution in [0.2, 0.25) is 0 Å². The molecular weight excluding hydrogens is 731 g/mol. The molecule has 0 fully saturated rings. The van der Waals surface area contributed by atoms with E-state index >= 15 is 0 Å². The summed E-state index contributed by atoms with van der Waals surface area (Å²) >= 11 is 0. The number of fused-ring (bicyclic) bond motifs is 5. The molecule has 0 unspecified atom stereocenters. The first-order valence-corrected chi connectivity index (χ1v) is 20.1. The number of hydrogen-bond acceptors (Lipinski definition) is 5. The van der Waals surface area contributed by atoms with Crippen LogP contribution in [0.1, 0.15) is 0 Å². The lowest BCUT2D eigenvalue weighted by atomic mass is 9.89. The van der Waals surface area contributed by atoms with Gasteiger partial charge in [-0.05, 0) is 61.6 Å². The lowest BCUT2D eigenvalue weighted by Gasteiger charge is -2.16. The van der Waals surface area contributed by atoms with Crippen molar-refractivity contribution >= 4 is 32.3 Å². The normalized spacial score (nSPS) is 11.3. The molecule has 0 spiro atoms. The van der Waals surface area contributed by atoms with Crippen molar-refractivity contribution in [2.45, 2.75) is 0 Å². The van der Waals surface area contributed by atoms with Crippen LogP contribution in [0.4, 0.5) is 0 Å². The fourth-order valence-corrected chi connectivity index (χ4v) is 8.19. The molecule has 0 saturated heterocycles. The molecule has 280 valence electrons. The van der Waals surface area contributed by atoms with Gasteiger partial charge in [0, 0.05) is 33.4 Å². The van der Waals surface area contributed by atoms with E-state index < -0.39 is 0 Å². The molecule has 0 atom stereocenters. The summed E-state index contributed by atoms with van der Waals surface area (Å²) < 4.78 is 0. The van der Waals surface area contributed by atoms with Gasteiger partial charge >= 0.3 is 0 Å². The van der Waals surface area contributed by atoms with Crippen LogP contribution in [0.25, 0.3) is 112 Å². The Balaban J connectivity index is 1.07. The Morgan fingerprint density at radius 1 is 0.200 bits per heavy atom. The van der Waals surface area contributed by atoms with Crippen molar-refractivity contribution in [2.24, 2.45) is 0 Å². The second-order valence-electron chi connectivity index (χ2n) is 14.8. The van der Waals surface area contributed by atoms with Gasteiger partial charge in [0.1, 0.15) is 0 Å². The van der Waals surface area contributed by atoms with Crippen LogP contribution >= 0.6 is 0 Å². The van der Waals surface area contributed by atoms with Crippen molar-refractivity contribution in [3.8, 4) is 79.2 Å². The number of aromatic nitrogens is 5. The standard InChI is InChI=1S/C55H35N5/c1-5-17-37(18-6-1)50-35-51(38-19-7-2-8-20-38)57-55(56-50)49-34-48-43-26-14-13-25-42(43)46(33-47(48)44-27-15-16-28-45(44)49)36-29-31-41(32-30-36)54-59-52(39-21-9-3-10-22-39)58-53(60-54)40-23-11-4-12-24-40/h1-35H. The molecule has 0 N–H and O–H groups in total. The van der Waals surface area contributed by atoms with Crippen molar-refractivity contribution in [1.82, 2.24) is 24.9 Å². The first-order chi connectivity index (χ1) is 29.7. The van der Waals surface area contributed by atoms with Gasteiger partial charge in [-0.25, -0.2) is 24.9 Å². The van der Waals surface area contributed by atoms with Crippen LogP contribution < -0.4 is 0 Å². The minimum atomic E-state index is 0.630. The van der Waals surface area contributed by atoms with Gasteiger partial charge in [-0.3, -0.25) is 0 Å². The van der Waals surface area contributed by atoms with E-state index in [1.54, 1.807) is 0 Å². The highest BCUT2D eigenvalue weighted by atomic mass is 15.0. The maximum Gasteiger partial charge on any atom is 0.164 e. The van der Waals surface area contributed by atoms with Crippen molar-refractivity contribution in [3.63, 3.8) is 0 Å². The minimum Gasteiger partial charge on any atom is -0.228 e. The molecule has 11 aromatic rings. The average molecular weight is 766 g/mol. The van der Waals surface area contributed by atoms with Crippen LogP contribution in [0.15, 0.2) is 212 Å². The van der Waals surface area contributed by atoms with Gasteiger partial charge in [-0.2, -0.15) is 0 Å². The molecular formula is C55H35N5. The molecule has 0 saturated carbocycles. The quantitative estimate of drug-likeness (QED) is 0.151. The summed E-state index contributed by atoms with van der Waals surface area (Å²) in [5.74, 6) is 2.61. The monoisotopic (exact) mass is 765 g/mol. The van der Waals surface area contributed by atoms with Crippen LogP contribution in [0, 0.1) is 0 Å². The maximum atomic E-state index is 5.25. The predicted octanol–water partition coefficient (Wildman–Crippen LogP) is 13.8. The Labute approximate surface area is 347 Å². The molecule has 5 nitrogen and oxygen atoms in total. The highest BCUT2D eigenvalue weighted by molar-refractivity contribution is 6.23. The van der Waals surface area contributed by atoms with Gasteiger partial charge in [0.05, 0.1) is 11.4 Å². The molecule has 0 aliphatic heterocycles. The summed E-state index contributed by atoms with van der Waals surface area (Å²) in [5, 5.41) is 6.91. The molecule has 0 aliphatic carbocycles. The fraction of sp³-hybridized carbons (Fsp3) is 0. The third-order valence-electron chi connectivity index (χ3n) is 11.1. The second kappa shape index (κ2) is 15.0. The Morgan fingerprint density at radius 2 is 0.533 bits per heavy atom. The van der Waals surface area contributed by atoms with Crippen molar-refractivity contribution in [1.29, 1.82) is 0 Å². The summed E-state index contributed by atoms with van der Waals surface area (Å²) in [4.78, 5) is 25.3. The van der Waals surface area contributed by atoms with Crippen LogP contribution in [-0.4, -0.2) is 24.9 Å². The molecule has 2 aromatic heterocycles. The number of benzene rings is 9. The zero-order chi connectivity index (χ0) is 39.8. The first kappa shape index (κ1) is 35.0. The molecule has 9 aromatic carbocycles. The molecule has 0 bridgehead atoms. The Hall–Kier alpha value is -8.15. The zero-order valence-corrected chi connectivity index (χ0v) is 32.4. The highest BCUT2D eigenvalue weighted by Gasteiger charge is 2.18. The Morgan fingerprint density at radius 3 is 0.983 bits per heavy atom. The Bertz CT molecular complexity index is 3220. The van der Waals surface area contributed by atoms with Crippen LogP contribution in [-0.2, 0) is 0 Å². The number of hydrogen-bond donors (Lipinski definition) is 0. The van der Waals surface area contributed by atoms with E-state index in [1.165, 1.54) is 16.2 Å². The minimum absolute atomic E-state index is 0.630. The summed E-state index contributed by atoms with van der Waals surface area (Å²) in [6.45, 7) is 0. The third-order valence-corrected chi connectivity index (χ3v) is 11.1. The van der Waals surface area contributed by atoms with Crippen molar-refractivity contribution in [2.75, 3.05) is 0 Å². The summed E-state index contributed by atoms with van der Waals surface area (Å²) in [7, 11) is 0. The lowest BCUT2D eigenvalue weighted by molar-refractivity contribution is 1.07. The zero-order valence-electron chi connectivity index (χ0n) is 32.4. The van der Waals surface area contributed by atoms with Gasteiger partial charge in [0.2, 0.25) is 0 Å². The van der Waals surface area contributed by atoms with E-state index in [2.05, 4.69) is 140 Å². The van der Waals surface area contributed by atoms with Crippen LogP contribution in [0.3, 0.4) is 0 Å². The summed E-state index contributed by atoms with van der Waals surface area (Å²) in [6, 6.07) is 73.5. The fourth-order valence-electron chi connectivity index (χ4n) is 8.19. The summed E-state index contributed by atoms with van der Waals surface area (Å²) in [6.07, 6.45) is 0. The Kier molecular flexibility index (Phi) is 8.75. The second-order valence-corrected chi connectivity index (χ2v) is 14.8. The predicted molar refractivity (Wildman–Crippen MR) is 246 cm³/mol. The van der Waals surface area contributed by atoms with Gasteiger partial charge in [0.25, 0.3) is 0 Å². The van der Waals surface area contributed by atoms with Gasteiger partial charge in [-0.1, -0.05) is 194 Å². The molecule has 2 heterocycles. The summed E-state index contributed by atoms with van der Waals surface area (Å²) in [5.41, 5.74) is 9.94. The van der Waals surface area contributed by atoms with E-state index in [-0.39, 0.29) is 0 Å². The van der Waals surface area contributed by atoms with Crippen LogP contribution in [0.5, 0.6) is 0 Å². The van der Waals surface area contributed by atoms with E-state index in [9.17, 15) is 0 Å². The van der Waals surface area contributed by atoms with E-state index in [0.717, 1.165) is 72.1 Å². The van der Waals surface area contributed by atoms with Gasteiger partial charge in [-0.15, -0.1) is 0 Å². The van der Waals surface area contributed by atoms with Crippen molar-refractivity contribution < 1.29 is 0 Å². The number of rotatable bonds is 7. The van der Waals surface area contributed by atoms with Crippen molar-refractivity contribution in [3.05, 3.63) is 212 Å². The maximum absolute atomic E-state index is 5.25. The molecule has 11 rings (SSSR count). The molecule has 5 heteroatoms.